The minimum absolute atomic E-state index is 0.235. The van der Waals surface area contributed by atoms with Crippen molar-refractivity contribution in [1.29, 1.82) is 0 Å². The second kappa shape index (κ2) is 9.04. The summed E-state index contributed by atoms with van der Waals surface area (Å²) in [6.45, 7) is 10.1. The maximum atomic E-state index is 6.02. The Morgan fingerprint density at radius 1 is 1.17 bits per heavy atom. The molecule has 0 amide bonds. The maximum Gasteiger partial charge on any atom is 0.161 e. The monoisotopic (exact) mass is 348 g/mol. The number of hydrogen-bond acceptors (Lipinski definition) is 5. The number of benzene rings is 1. The van der Waals surface area contributed by atoms with Crippen LogP contribution in [0.15, 0.2) is 18.2 Å². The predicted molar refractivity (Wildman–Crippen MR) is 100 cm³/mol. The highest BCUT2D eigenvalue weighted by Gasteiger charge is 2.17. The Hall–Kier alpha value is -1.59. The van der Waals surface area contributed by atoms with E-state index in [-0.39, 0.29) is 5.92 Å². The van der Waals surface area contributed by atoms with E-state index in [1.54, 1.807) is 11.3 Å². The van der Waals surface area contributed by atoms with E-state index in [0.29, 0.717) is 19.8 Å². The summed E-state index contributed by atoms with van der Waals surface area (Å²) in [5.41, 5.74) is 8.32. The number of rotatable bonds is 9. The van der Waals surface area contributed by atoms with Gasteiger partial charge in [-0.1, -0.05) is 13.0 Å². The molecule has 24 heavy (non-hydrogen) atoms. The Balaban J connectivity index is 2.19. The van der Waals surface area contributed by atoms with E-state index < -0.39 is 0 Å². The van der Waals surface area contributed by atoms with Gasteiger partial charge in [-0.3, -0.25) is 0 Å². The number of nitrogens with two attached hydrogens (primary N) is 1. The second-order valence-corrected chi connectivity index (χ2v) is 7.13. The molecule has 0 fully saturated rings. The van der Waals surface area contributed by atoms with E-state index in [2.05, 4.69) is 37.9 Å². The largest absolute Gasteiger partial charge is 0.490 e. The van der Waals surface area contributed by atoms with Gasteiger partial charge in [0.15, 0.2) is 11.5 Å². The van der Waals surface area contributed by atoms with Crippen molar-refractivity contribution in [3.05, 3.63) is 39.3 Å². The number of aromatic nitrogens is 1. The van der Waals surface area contributed by atoms with E-state index in [0.717, 1.165) is 35.0 Å². The summed E-state index contributed by atoms with van der Waals surface area (Å²) in [6.07, 6.45) is 1.84. The van der Waals surface area contributed by atoms with Gasteiger partial charge in [-0.05, 0) is 51.3 Å². The van der Waals surface area contributed by atoms with Crippen LogP contribution in [0.25, 0.3) is 0 Å². The molecule has 132 valence electrons. The van der Waals surface area contributed by atoms with E-state index in [1.807, 2.05) is 13.0 Å². The number of aryl methyl sites for hydroxylation is 2. The highest BCUT2D eigenvalue weighted by Crippen LogP contribution is 2.32. The molecular formula is C19H28N2O2S. The lowest BCUT2D eigenvalue weighted by Crippen LogP contribution is -2.15. The van der Waals surface area contributed by atoms with Crippen LogP contribution in [-0.2, 0) is 6.42 Å². The summed E-state index contributed by atoms with van der Waals surface area (Å²) in [4.78, 5) is 5.94. The molecule has 0 aliphatic rings. The van der Waals surface area contributed by atoms with Gasteiger partial charge < -0.3 is 15.2 Å². The summed E-state index contributed by atoms with van der Waals surface area (Å²) in [5, 5.41) is 1.12. The van der Waals surface area contributed by atoms with Gasteiger partial charge in [0, 0.05) is 17.3 Å². The van der Waals surface area contributed by atoms with E-state index in [1.165, 1.54) is 10.4 Å². The molecular weight excluding hydrogens is 320 g/mol. The molecule has 4 nitrogen and oxygen atoms in total. The normalized spacial score (nSPS) is 12.2. The van der Waals surface area contributed by atoms with Gasteiger partial charge in [-0.25, -0.2) is 4.98 Å². The van der Waals surface area contributed by atoms with E-state index in [9.17, 15) is 0 Å². The quantitative estimate of drug-likeness (QED) is 0.737. The molecule has 0 aliphatic heterocycles. The summed E-state index contributed by atoms with van der Waals surface area (Å²) in [6, 6.07) is 6.18. The first-order valence-corrected chi connectivity index (χ1v) is 9.43. The third kappa shape index (κ3) is 4.71. The van der Waals surface area contributed by atoms with Gasteiger partial charge in [-0.15, -0.1) is 11.3 Å². The van der Waals surface area contributed by atoms with Crippen molar-refractivity contribution in [1.82, 2.24) is 4.98 Å². The first kappa shape index (κ1) is 18.7. The number of thiazole rings is 1. The minimum atomic E-state index is 0.235. The fraction of sp³-hybridized carbons (Fsp3) is 0.526. The minimum Gasteiger partial charge on any atom is -0.490 e. The van der Waals surface area contributed by atoms with Crippen LogP contribution in [0.5, 0.6) is 11.5 Å². The van der Waals surface area contributed by atoms with Crippen LogP contribution in [0.4, 0.5) is 0 Å². The molecule has 0 aliphatic carbocycles. The average molecular weight is 349 g/mol. The van der Waals surface area contributed by atoms with Crippen molar-refractivity contribution in [2.24, 2.45) is 5.73 Å². The molecule has 1 heterocycles. The van der Waals surface area contributed by atoms with Gasteiger partial charge in [0.2, 0.25) is 0 Å². The fourth-order valence-corrected chi connectivity index (χ4v) is 3.54. The Kier molecular flexibility index (Phi) is 7.06. The lowest BCUT2D eigenvalue weighted by Gasteiger charge is -2.16. The first-order chi connectivity index (χ1) is 11.6. The molecule has 1 atom stereocenters. The summed E-state index contributed by atoms with van der Waals surface area (Å²) >= 11 is 1.75. The Labute approximate surface area is 149 Å². The lowest BCUT2D eigenvalue weighted by atomic mass is 9.99. The molecule has 5 heteroatoms. The molecule has 2 N–H and O–H groups in total. The molecule has 2 rings (SSSR count). The maximum absolute atomic E-state index is 6.02. The van der Waals surface area contributed by atoms with Crippen LogP contribution in [0, 0.1) is 13.8 Å². The lowest BCUT2D eigenvalue weighted by molar-refractivity contribution is 0.276. The van der Waals surface area contributed by atoms with Gasteiger partial charge >= 0.3 is 0 Å². The Bertz CT molecular complexity index is 635. The average Bonchev–Trinajstić information content (AvgIpc) is 2.91. The third-order valence-corrected chi connectivity index (χ3v) is 5.17. The summed E-state index contributed by atoms with van der Waals surface area (Å²) < 4.78 is 11.5. The smallest absolute Gasteiger partial charge is 0.161 e. The second-order valence-electron chi connectivity index (χ2n) is 5.89. The van der Waals surface area contributed by atoms with E-state index >= 15 is 0 Å². The number of nitrogens with zero attached hydrogens (tertiary/aromatic N) is 1. The summed E-state index contributed by atoms with van der Waals surface area (Å²) in [5.74, 6) is 1.86. The van der Waals surface area contributed by atoms with Crippen LogP contribution >= 0.6 is 11.3 Å². The zero-order valence-electron chi connectivity index (χ0n) is 15.1. The van der Waals surface area contributed by atoms with Gasteiger partial charge in [-0.2, -0.15) is 0 Å². The molecule has 0 radical (unpaired) electrons. The van der Waals surface area contributed by atoms with Gasteiger partial charge in [0.25, 0.3) is 0 Å². The SMILES string of the molecule is CCCOc1ccc(CC(CN)c2nc(C)c(C)s2)cc1OCC. The molecule has 1 aromatic carbocycles. The zero-order chi connectivity index (χ0) is 17.5. The van der Waals surface area contributed by atoms with Crippen LogP contribution in [0.1, 0.15) is 47.3 Å². The van der Waals surface area contributed by atoms with Crippen LogP contribution in [0.2, 0.25) is 0 Å². The third-order valence-electron chi connectivity index (χ3n) is 3.93. The fourth-order valence-electron chi connectivity index (χ4n) is 2.51. The summed E-state index contributed by atoms with van der Waals surface area (Å²) in [7, 11) is 0. The molecule has 0 saturated heterocycles. The topological polar surface area (TPSA) is 57.4 Å². The molecule has 1 unspecified atom stereocenters. The standard InChI is InChI=1S/C19H28N2O2S/c1-5-9-23-17-8-7-15(11-18(17)22-6-2)10-16(12-20)19-21-13(3)14(4)24-19/h7-8,11,16H,5-6,9-10,12,20H2,1-4H3. The van der Waals surface area contributed by atoms with Crippen molar-refractivity contribution in [3.8, 4) is 11.5 Å². The molecule has 0 spiro atoms. The first-order valence-electron chi connectivity index (χ1n) is 8.61. The Morgan fingerprint density at radius 3 is 2.54 bits per heavy atom. The number of ether oxygens (including phenoxy) is 2. The molecule has 0 saturated carbocycles. The molecule has 1 aromatic heterocycles. The molecule has 2 aromatic rings. The van der Waals surface area contributed by atoms with Crippen molar-refractivity contribution in [2.75, 3.05) is 19.8 Å². The van der Waals surface area contributed by atoms with Crippen LogP contribution in [-0.4, -0.2) is 24.7 Å². The van der Waals surface area contributed by atoms with Crippen molar-refractivity contribution < 1.29 is 9.47 Å². The Morgan fingerprint density at radius 2 is 1.96 bits per heavy atom. The van der Waals surface area contributed by atoms with Crippen LogP contribution < -0.4 is 15.2 Å². The predicted octanol–water partition coefficient (Wildman–Crippen LogP) is 4.23. The zero-order valence-corrected chi connectivity index (χ0v) is 15.9. The number of hydrogen-bond donors (Lipinski definition) is 1. The highest BCUT2D eigenvalue weighted by molar-refractivity contribution is 7.11. The van der Waals surface area contributed by atoms with E-state index in [4.69, 9.17) is 15.2 Å². The van der Waals surface area contributed by atoms with Crippen molar-refractivity contribution in [3.63, 3.8) is 0 Å². The van der Waals surface area contributed by atoms with Gasteiger partial charge in [0.1, 0.15) is 0 Å². The van der Waals surface area contributed by atoms with Crippen molar-refractivity contribution >= 4 is 11.3 Å². The highest BCUT2D eigenvalue weighted by atomic mass is 32.1. The van der Waals surface area contributed by atoms with Gasteiger partial charge in [0.05, 0.1) is 23.9 Å². The molecule has 0 bridgehead atoms. The van der Waals surface area contributed by atoms with Crippen LogP contribution in [0.3, 0.4) is 0 Å². The van der Waals surface area contributed by atoms with Crippen molar-refractivity contribution in [2.45, 2.75) is 46.5 Å².